The Morgan fingerprint density at radius 2 is 1.96 bits per heavy atom. The van der Waals surface area contributed by atoms with E-state index in [-0.39, 0.29) is 5.43 Å². The summed E-state index contributed by atoms with van der Waals surface area (Å²) in [5.74, 6) is 1.40. The first kappa shape index (κ1) is 15.2. The zero-order valence-electron chi connectivity index (χ0n) is 13.1. The highest BCUT2D eigenvalue weighted by Gasteiger charge is 2.18. The molecule has 0 aliphatic carbocycles. The molecular weight excluding hydrogens is 326 g/mol. The van der Waals surface area contributed by atoms with Gasteiger partial charge in [-0.2, -0.15) is 0 Å². The molecule has 1 aromatic carbocycles. The third kappa shape index (κ3) is 3.02. The Bertz CT molecular complexity index is 881. The Hall–Kier alpha value is -2.31. The average Bonchev–Trinajstić information content (AvgIpc) is 3.05. The molecule has 24 heavy (non-hydrogen) atoms. The van der Waals surface area contributed by atoms with Gasteiger partial charge in [0.2, 0.25) is 5.43 Å². The van der Waals surface area contributed by atoms with Gasteiger partial charge in [-0.1, -0.05) is 18.2 Å². The minimum absolute atomic E-state index is 0.00583. The summed E-state index contributed by atoms with van der Waals surface area (Å²) in [5.41, 5.74) is 1.52. The molecule has 1 aliphatic heterocycles. The number of morpholine rings is 1. The van der Waals surface area contributed by atoms with Crippen molar-refractivity contribution in [3.8, 4) is 5.75 Å². The van der Waals surface area contributed by atoms with Gasteiger partial charge in [0, 0.05) is 30.1 Å². The number of thiophene rings is 1. The van der Waals surface area contributed by atoms with Crippen molar-refractivity contribution in [2.75, 3.05) is 31.2 Å². The fourth-order valence-electron chi connectivity index (χ4n) is 2.69. The second-order valence-corrected chi connectivity index (χ2v) is 6.45. The van der Waals surface area contributed by atoms with Crippen LogP contribution in [0.2, 0.25) is 0 Å². The summed E-state index contributed by atoms with van der Waals surface area (Å²) in [5, 5.41) is 1.93. The third-order valence-corrected chi connectivity index (χ3v) is 4.99. The molecule has 1 aliphatic rings. The lowest BCUT2D eigenvalue weighted by atomic mass is 10.3. The van der Waals surface area contributed by atoms with Crippen molar-refractivity contribution >= 4 is 27.5 Å². The maximum atomic E-state index is 12.4. The number of para-hydroxylation sites is 1. The molecule has 2 aromatic heterocycles. The molecule has 5 nitrogen and oxygen atoms in total. The number of fused-ring (bicyclic) bond motifs is 1. The molecule has 3 aromatic rings. The Balaban J connectivity index is 1.64. The van der Waals surface area contributed by atoms with Crippen molar-refractivity contribution in [2.45, 2.75) is 6.61 Å². The average molecular weight is 343 g/mol. The maximum Gasteiger partial charge on any atom is 0.204 e. The largest absolute Gasteiger partial charge is 0.489 e. The summed E-state index contributed by atoms with van der Waals surface area (Å²) < 4.78 is 17.8. The Labute approximate surface area is 143 Å². The number of benzene rings is 1. The van der Waals surface area contributed by atoms with E-state index >= 15 is 0 Å². The van der Waals surface area contributed by atoms with Gasteiger partial charge in [0.05, 0.1) is 13.2 Å². The quantitative estimate of drug-likeness (QED) is 0.728. The van der Waals surface area contributed by atoms with E-state index in [0.29, 0.717) is 36.0 Å². The minimum Gasteiger partial charge on any atom is -0.489 e. The van der Waals surface area contributed by atoms with Crippen molar-refractivity contribution in [3.63, 3.8) is 0 Å². The highest BCUT2D eigenvalue weighted by atomic mass is 32.1. The lowest BCUT2D eigenvalue weighted by Crippen LogP contribution is -2.36. The summed E-state index contributed by atoms with van der Waals surface area (Å²) >= 11 is 1.40. The van der Waals surface area contributed by atoms with E-state index in [2.05, 4.69) is 0 Å². The highest BCUT2D eigenvalue weighted by Crippen LogP contribution is 2.28. The molecule has 0 radical (unpaired) electrons. The summed E-state index contributed by atoms with van der Waals surface area (Å²) in [6, 6.07) is 11.2. The molecule has 0 amide bonds. The standard InChI is InChI=1S/C18H17NO4S/c20-15-10-16(19-6-8-21-9-7-19)23-17-13(12-24-18(15)17)11-22-14-4-2-1-3-5-14/h1-5,10,12H,6-9,11H2. The van der Waals surface area contributed by atoms with Gasteiger partial charge in [0.15, 0.2) is 11.5 Å². The highest BCUT2D eigenvalue weighted by molar-refractivity contribution is 7.17. The molecule has 1 saturated heterocycles. The SMILES string of the molecule is O=c1cc(N2CCOCC2)oc2c(COc3ccccc3)csc12. The second-order valence-electron chi connectivity index (χ2n) is 5.57. The number of ether oxygens (including phenoxy) is 2. The molecule has 0 saturated carbocycles. The molecular formula is C18H17NO4S. The van der Waals surface area contributed by atoms with Gasteiger partial charge in [0.25, 0.3) is 0 Å². The normalized spacial score (nSPS) is 14.9. The van der Waals surface area contributed by atoms with Crippen LogP contribution in [0, 0.1) is 0 Å². The Morgan fingerprint density at radius 3 is 2.75 bits per heavy atom. The molecule has 0 atom stereocenters. The van der Waals surface area contributed by atoms with Crippen LogP contribution in [0.4, 0.5) is 5.88 Å². The smallest absolute Gasteiger partial charge is 0.204 e. The first-order valence-electron chi connectivity index (χ1n) is 7.86. The summed E-state index contributed by atoms with van der Waals surface area (Å²) in [6.45, 7) is 3.13. The van der Waals surface area contributed by atoms with Crippen LogP contribution in [-0.2, 0) is 11.3 Å². The fourth-order valence-corrected chi connectivity index (χ4v) is 3.58. The van der Waals surface area contributed by atoms with Gasteiger partial charge in [-0.15, -0.1) is 11.3 Å². The molecule has 0 spiro atoms. The van der Waals surface area contributed by atoms with E-state index in [9.17, 15) is 4.79 Å². The van der Waals surface area contributed by atoms with E-state index in [1.54, 1.807) is 6.07 Å². The van der Waals surface area contributed by atoms with Gasteiger partial charge in [-0.05, 0) is 12.1 Å². The van der Waals surface area contributed by atoms with Crippen LogP contribution in [0.25, 0.3) is 10.3 Å². The molecule has 3 heterocycles. The monoisotopic (exact) mass is 343 g/mol. The molecule has 6 heteroatoms. The van der Waals surface area contributed by atoms with Crippen molar-refractivity contribution in [2.24, 2.45) is 0 Å². The minimum atomic E-state index is -0.00583. The van der Waals surface area contributed by atoms with E-state index in [0.717, 1.165) is 24.4 Å². The first-order valence-corrected chi connectivity index (χ1v) is 8.74. The van der Waals surface area contributed by atoms with Gasteiger partial charge in [0.1, 0.15) is 17.1 Å². The number of anilines is 1. The van der Waals surface area contributed by atoms with Crippen LogP contribution in [0.5, 0.6) is 5.75 Å². The van der Waals surface area contributed by atoms with Crippen LogP contribution in [-0.4, -0.2) is 26.3 Å². The van der Waals surface area contributed by atoms with E-state index in [4.69, 9.17) is 13.9 Å². The summed E-state index contributed by atoms with van der Waals surface area (Å²) in [4.78, 5) is 14.4. The molecule has 0 bridgehead atoms. The first-order chi connectivity index (χ1) is 11.8. The van der Waals surface area contributed by atoms with Crippen LogP contribution in [0.3, 0.4) is 0 Å². The predicted molar refractivity (Wildman–Crippen MR) is 94.2 cm³/mol. The van der Waals surface area contributed by atoms with Crippen LogP contribution >= 0.6 is 11.3 Å². The topological polar surface area (TPSA) is 51.9 Å². The number of nitrogens with zero attached hydrogens (tertiary/aromatic N) is 1. The van der Waals surface area contributed by atoms with Gasteiger partial charge in [-0.25, -0.2) is 0 Å². The van der Waals surface area contributed by atoms with Gasteiger partial charge < -0.3 is 18.8 Å². The summed E-state index contributed by atoms with van der Waals surface area (Å²) in [6.07, 6.45) is 0. The van der Waals surface area contributed by atoms with Crippen LogP contribution in [0.15, 0.2) is 51.0 Å². The molecule has 0 N–H and O–H groups in total. The van der Waals surface area contributed by atoms with E-state index in [1.807, 2.05) is 40.6 Å². The van der Waals surface area contributed by atoms with Crippen molar-refractivity contribution in [1.29, 1.82) is 0 Å². The van der Waals surface area contributed by atoms with E-state index < -0.39 is 0 Å². The van der Waals surface area contributed by atoms with Crippen molar-refractivity contribution < 1.29 is 13.9 Å². The van der Waals surface area contributed by atoms with Crippen LogP contribution in [0.1, 0.15) is 5.56 Å². The zero-order valence-corrected chi connectivity index (χ0v) is 13.9. The molecule has 0 unspecified atom stereocenters. The number of rotatable bonds is 4. The molecule has 124 valence electrons. The lowest BCUT2D eigenvalue weighted by molar-refractivity contribution is 0.121. The predicted octanol–water partition coefficient (Wildman–Crippen LogP) is 3.27. The Kier molecular flexibility index (Phi) is 4.23. The van der Waals surface area contributed by atoms with Crippen molar-refractivity contribution in [3.05, 3.63) is 57.6 Å². The Morgan fingerprint density at radius 1 is 1.17 bits per heavy atom. The van der Waals surface area contributed by atoms with Crippen LogP contribution < -0.4 is 15.1 Å². The second kappa shape index (κ2) is 6.67. The number of hydrogen-bond donors (Lipinski definition) is 0. The van der Waals surface area contributed by atoms with Gasteiger partial charge in [-0.3, -0.25) is 4.79 Å². The van der Waals surface area contributed by atoms with Gasteiger partial charge >= 0.3 is 0 Å². The lowest BCUT2D eigenvalue weighted by Gasteiger charge is -2.27. The van der Waals surface area contributed by atoms with Crippen molar-refractivity contribution in [1.82, 2.24) is 0 Å². The van der Waals surface area contributed by atoms with E-state index in [1.165, 1.54) is 11.3 Å². The summed E-state index contributed by atoms with van der Waals surface area (Å²) in [7, 11) is 0. The third-order valence-electron chi connectivity index (χ3n) is 3.96. The zero-order chi connectivity index (χ0) is 16.4. The molecule has 4 rings (SSSR count). The molecule has 1 fully saturated rings. The number of hydrogen-bond acceptors (Lipinski definition) is 6. The fraction of sp³-hybridized carbons (Fsp3) is 0.278. The maximum absolute atomic E-state index is 12.4.